The first-order valence-corrected chi connectivity index (χ1v) is 10.2. The van der Waals surface area contributed by atoms with Gasteiger partial charge >= 0.3 is 0 Å². The maximum atomic E-state index is 13.7. The molecule has 0 bridgehead atoms. The first kappa shape index (κ1) is 19.3. The quantitative estimate of drug-likeness (QED) is 0.617. The fourth-order valence-corrected chi connectivity index (χ4v) is 4.45. The van der Waals surface area contributed by atoms with Crippen LogP contribution < -0.4 is 0 Å². The number of benzene rings is 1. The topological polar surface area (TPSA) is 87.0 Å². The van der Waals surface area contributed by atoms with Gasteiger partial charge in [-0.2, -0.15) is 15.1 Å². The van der Waals surface area contributed by atoms with E-state index in [1.54, 1.807) is 24.3 Å². The molecule has 2 aromatic heterocycles. The number of halogens is 1. The van der Waals surface area contributed by atoms with E-state index in [0.29, 0.717) is 21.7 Å². The SMILES string of the molecule is Cc1cc(/C=C2/C(=N)N3N=C(c4ccco4)SC3=NC2=O)c(C)n1-c1cccc(F)c1. The lowest BCUT2D eigenvalue weighted by Gasteiger charge is -2.20. The molecule has 0 spiro atoms. The fourth-order valence-electron chi connectivity index (χ4n) is 3.59. The lowest BCUT2D eigenvalue weighted by Crippen LogP contribution is -2.35. The largest absolute Gasteiger partial charge is 0.462 e. The molecule has 0 radical (unpaired) electrons. The van der Waals surface area contributed by atoms with Crippen molar-refractivity contribution < 1.29 is 13.6 Å². The van der Waals surface area contributed by atoms with E-state index in [4.69, 9.17) is 9.83 Å². The highest BCUT2D eigenvalue weighted by molar-refractivity contribution is 8.27. The number of amides is 1. The van der Waals surface area contributed by atoms with Crippen LogP contribution in [0.25, 0.3) is 11.8 Å². The number of furan rings is 1. The highest BCUT2D eigenvalue weighted by Crippen LogP contribution is 2.32. The number of hydrogen-bond donors (Lipinski definition) is 1. The molecule has 1 aromatic carbocycles. The predicted octanol–water partition coefficient (Wildman–Crippen LogP) is 4.49. The number of thioether (sulfide) groups is 1. The number of carbonyl (C=O) groups is 1. The van der Waals surface area contributed by atoms with Gasteiger partial charge in [0, 0.05) is 17.1 Å². The van der Waals surface area contributed by atoms with Gasteiger partial charge in [-0.05, 0) is 73.6 Å². The molecule has 154 valence electrons. The van der Waals surface area contributed by atoms with Gasteiger partial charge in [-0.15, -0.1) is 0 Å². The van der Waals surface area contributed by atoms with Crippen molar-refractivity contribution in [2.45, 2.75) is 13.8 Å². The van der Waals surface area contributed by atoms with Crippen molar-refractivity contribution in [3.05, 3.63) is 82.8 Å². The van der Waals surface area contributed by atoms with Crippen LogP contribution in [0.3, 0.4) is 0 Å². The van der Waals surface area contributed by atoms with E-state index in [2.05, 4.69) is 10.1 Å². The number of aromatic nitrogens is 1. The number of aliphatic imine (C=N–C) groups is 1. The van der Waals surface area contributed by atoms with Crippen LogP contribution in [0.2, 0.25) is 0 Å². The van der Waals surface area contributed by atoms with Gasteiger partial charge in [0.1, 0.15) is 5.82 Å². The Morgan fingerprint density at radius 2 is 2.03 bits per heavy atom. The number of nitrogens with one attached hydrogen (secondary N) is 1. The van der Waals surface area contributed by atoms with Crippen LogP contribution in [0.1, 0.15) is 22.7 Å². The molecule has 31 heavy (non-hydrogen) atoms. The normalized spacial score (nSPS) is 17.3. The van der Waals surface area contributed by atoms with Gasteiger partial charge in [-0.3, -0.25) is 10.2 Å². The third kappa shape index (κ3) is 3.23. The van der Waals surface area contributed by atoms with Crippen LogP contribution in [0.5, 0.6) is 0 Å². The molecule has 7 nitrogen and oxygen atoms in total. The van der Waals surface area contributed by atoms with E-state index >= 15 is 0 Å². The molecule has 3 aromatic rings. The van der Waals surface area contributed by atoms with Crippen molar-refractivity contribution in [3.63, 3.8) is 0 Å². The van der Waals surface area contributed by atoms with Crippen molar-refractivity contribution in [2.75, 3.05) is 0 Å². The van der Waals surface area contributed by atoms with Crippen LogP contribution in [-0.4, -0.2) is 31.5 Å². The molecule has 0 atom stereocenters. The van der Waals surface area contributed by atoms with Crippen molar-refractivity contribution in [1.82, 2.24) is 9.58 Å². The standard InChI is InChI=1S/C22H16FN5O2S/c1-12-9-14(13(2)27(12)16-6-3-5-15(23)11-16)10-17-19(24)28-22(25-20(17)29)31-21(26-28)18-7-4-8-30-18/h3-11,24H,1-2H3/b17-10-,24-19?. The number of aryl methyl sites for hydroxylation is 1. The predicted molar refractivity (Wildman–Crippen MR) is 118 cm³/mol. The summed E-state index contributed by atoms with van der Waals surface area (Å²) in [7, 11) is 0. The minimum Gasteiger partial charge on any atom is -0.462 e. The van der Waals surface area contributed by atoms with Crippen molar-refractivity contribution in [1.29, 1.82) is 5.41 Å². The van der Waals surface area contributed by atoms with Crippen LogP contribution in [0.15, 0.2) is 68.8 Å². The van der Waals surface area contributed by atoms with E-state index in [0.717, 1.165) is 17.0 Å². The number of rotatable bonds is 3. The molecule has 0 fully saturated rings. The van der Waals surface area contributed by atoms with Gasteiger partial charge in [0.25, 0.3) is 5.91 Å². The zero-order chi connectivity index (χ0) is 21.7. The Kier molecular flexibility index (Phi) is 4.48. The Hall–Kier alpha value is -3.72. The molecule has 2 aliphatic rings. The third-order valence-electron chi connectivity index (χ3n) is 5.02. The minimum absolute atomic E-state index is 0.0559. The number of fused-ring (bicyclic) bond motifs is 1. The lowest BCUT2D eigenvalue weighted by atomic mass is 10.1. The summed E-state index contributed by atoms with van der Waals surface area (Å²) in [6.45, 7) is 3.79. The monoisotopic (exact) mass is 433 g/mol. The summed E-state index contributed by atoms with van der Waals surface area (Å²) >= 11 is 1.18. The van der Waals surface area contributed by atoms with E-state index in [9.17, 15) is 9.18 Å². The van der Waals surface area contributed by atoms with Crippen LogP contribution in [0.4, 0.5) is 4.39 Å². The Morgan fingerprint density at radius 1 is 1.19 bits per heavy atom. The fraction of sp³-hybridized carbons (Fsp3) is 0.0909. The summed E-state index contributed by atoms with van der Waals surface area (Å²) in [5, 5.41) is 15.1. The van der Waals surface area contributed by atoms with E-state index < -0.39 is 5.91 Å². The average molecular weight is 433 g/mol. The summed E-state index contributed by atoms with van der Waals surface area (Å²) in [5.41, 5.74) is 3.27. The molecule has 1 amide bonds. The number of amidine groups is 2. The van der Waals surface area contributed by atoms with Gasteiger partial charge in [0.15, 0.2) is 16.6 Å². The Bertz CT molecular complexity index is 1330. The molecule has 1 N–H and O–H groups in total. The minimum atomic E-state index is -0.504. The zero-order valence-corrected chi connectivity index (χ0v) is 17.4. The smallest absolute Gasteiger partial charge is 0.283 e. The molecule has 0 aliphatic carbocycles. The number of hydrogen-bond acceptors (Lipinski definition) is 5. The maximum absolute atomic E-state index is 13.7. The molecule has 0 saturated carbocycles. The van der Waals surface area contributed by atoms with Gasteiger partial charge < -0.3 is 8.98 Å². The van der Waals surface area contributed by atoms with E-state index in [-0.39, 0.29) is 17.2 Å². The molecule has 0 saturated heterocycles. The lowest BCUT2D eigenvalue weighted by molar-refractivity contribution is -0.114. The van der Waals surface area contributed by atoms with Crippen LogP contribution in [-0.2, 0) is 4.79 Å². The van der Waals surface area contributed by atoms with Crippen molar-refractivity contribution in [3.8, 4) is 5.69 Å². The number of carbonyl (C=O) groups excluding carboxylic acids is 1. The van der Waals surface area contributed by atoms with Crippen LogP contribution >= 0.6 is 11.8 Å². The second kappa shape index (κ2) is 7.21. The highest BCUT2D eigenvalue weighted by atomic mass is 32.2. The molecular formula is C22H16FN5O2S. The van der Waals surface area contributed by atoms with Gasteiger partial charge in [-0.25, -0.2) is 4.39 Å². The molecule has 0 unspecified atom stereocenters. The van der Waals surface area contributed by atoms with Gasteiger partial charge in [0.2, 0.25) is 5.17 Å². The Morgan fingerprint density at radius 3 is 2.77 bits per heavy atom. The summed E-state index contributed by atoms with van der Waals surface area (Å²) in [6, 6.07) is 11.7. The number of nitrogens with zero attached hydrogens (tertiary/aromatic N) is 4. The van der Waals surface area contributed by atoms with E-state index in [1.807, 2.05) is 30.5 Å². The van der Waals surface area contributed by atoms with Crippen molar-refractivity contribution in [2.24, 2.45) is 10.1 Å². The molecule has 9 heteroatoms. The summed E-state index contributed by atoms with van der Waals surface area (Å²) < 4.78 is 21.0. The van der Waals surface area contributed by atoms with Crippen LogP contribution in [0, 0.1) is 25.1 Å². The summed E-state index contributed by atoms with van der Waals surface area (Å²) in [6.07, 6.45) is 3.17. The van der Waals surface area contributed by atoms with Gasteiger partial charge in [-0.1, -0.05) is 6.07 Å². The highest BCUT2D eigenvalue weighted by Gasteiger charge is 2.36. The average Bonchev–Trinajstić information content (AvgIpc) is 3.45. The first-order valence-electron chi connectivity index (χ1n) is 9.41. The first-order chi connectivity index (χ1) is 14.9. The Labute approximate surface area is 181 Å². The second-order valence-electron chi connectivity index (χ2n) is 7.04. The molecular weight excluding hydrogens is 417 g/mol. The summed E-state index contributed by atoms with van der Waals surface area (Å²) in [5.74, 6) is -0.339. The van der Waals surface area contributed by atoms with E-state index in [1.165, 1.54) is 35.2 Å². The second-order valence-corrected chi connectivity index (χ2v) is 8.00. The molecule has 5 rings (SSSR count). The Balaban J connectivity index is 1.53. The summed E-state index contributed by atoms with van der Waals surface area (Å²) in [4.78, 5) is 16.8. The molecule has 4 heterocycles. The van der Waals surface area contributed by atoms with Crippen molar-refractivity contribution >= 4 is 39.8 Å². The number of hydrazone groups is 1. The third-order valence-corrected chi connectivity index (χ3v) is 5.95. The maximum Gasteiger partial charge on any atom is 0.283 e. The van der Waals surface area contributed by atoms with Gasteiger partial charge in [0.05, 0.1) is 11.8 Å². The zero-order valence-electron chi connectivity index (χ0n) is 16.6. The molecule has 2 aliphatic heterocycles.